The van der Waals surface area contributed by atoms with Crippen LogP contribution in [0.15, 0.2) is 28.7 Å². The minimum Gasteiger partial charge on any atom is -0.480 e. The van der Waals surface area contributed by atoms with Crippen molar-refractivity contribution in [1.82, 2.24) is 5.43 Å². The first-order chi connectivity index (χ1) is 9.52. The Morgan fingerprint density at radius 1 is 1.40 bits per heavy atom. The highest BCUT2D eigenvalue weighted by molar-refractivity contribution is 5.94. The van der Waals surface area contributed by atoms with Gasteiger partial charge in [0, 0.05) is 0 Å². The number of furan rings is 1. The summed E-state index contributed by atoms with van der Waals surface area (Å²) in [5.41, 5.74) is 2.20. The van der Waals surface area contributed by atoms with Gasteiger partial charge >= 0.3 is 0 Å². The number of benzene rings is 1. The van der Waals surface area contributed by atoms with Crippen molar-refractivity contribution < 1.29 is 22.7 Å². The summed E-state index contributed by atoms with van der Waals surface area (Å²) in [5.74, 6) is 2.97. The van der Waals surface area contributed by atoms with Gasteiger partial charge in [0.1, 0.15) is 18.1 Å². The number of nitrogen functional groups attached to an aromatic ring is 1. The largest absolute Gasteiger partial charge is 0.480 e. The fourth-order valence-electron chi connectivity index (χ4n) is 1.68. The van der Waals surface area contributed by atoms with Crippen molar-refractivity contribution in [2.24, 2.45) is 5.84 Å². The zero-order valence-corrected chi connectivity index (χ0v) is 10.6. The predicted octanol–water partition coefficient (Wildman–Crippen LogP) is 2.05. The number of amides is 1. The molecule has 1 heterocycles. The SMILES string of the molecule is Cc1oc(COc2c(F)cccc2F)cc1C(=O)NN. The number of para-hydroxylation sites is 1. The molecule has 2 rings (SSSR count). The maximum atomic E-state index is 13.3. The van der Waals surface area contributed by atoms with E-state index in [9.17, 15) is 13.6 Å². The fraction of sp³-hybridized carbons (Fsp3) is 0.154. The van der Waals surface area contributed by atoms with Crippen molar-refractivity contribution in [3.05, 3.63) is 53.0 Å². The molecule has 1 amide bonds. The van der Waals surface area contributed by atoms with Gasteiger partial charge in [-0.1, -0.05) is 6.07 Å². The standard InChI is InChI=1S/C13H12F2N2O3/c1-7-9(13(18)17-16)5-8(20-7)6-19-12-10(14)3-2-4-11(12)15/h2-5H,6,16H2,1H3,(H,17,18). The Morgan fingerprint density at radius 2 is 2.05 bits per heavy atom. The molecule has 0 aliphatic rings. The monoisotopic (exact) mass is 282 g/mol. The van der Waals surface area contributed by atoms with E-state index in [-0.39, 0.29) is 17.9 Å². The molecule has 0 spiro atoms. The number of rotatable bonds is 4. The number of halogens is 2. The number of nitrogens with one attached hydrogen (secondary N) is 1. The quantitative estimate of drug-likeness (QED) is 0.511. The number of nitrogens with two attached hydrogens (primary N) is 1. The van der Waals surface area contributed by atoms with E-state index >= 15 is 0 Å². The maximum absolute atomic E-state index is 13.3. The molecule has 0 saturated heterocycles. The molecule has 5 nitrogen and oxygen atoms in total. The highest BCUT2D eigenvalue weighted by Crippen LogP contribution is 2.23. The number of aryl methyl sites for hydroxylation is 1. The van der Waals surface area contributed by atoms with Crippen LogP contribution in [0.25, 0.3) is 0 Å². The summed E-state index contributed by atoms with van der Waals surface area (Å²) in [6.45, 7) is 1.36. The van der Waals surface area contributed by atoms with Gasteiger partial charge in [-0.3, -0.25) is 10.2 Å². The van der Waals surface area contributed by atoms with Gasteiger partial charge in [-0.2, -0.15) is 0 Å². The normalized spacial score (nSPS) is 10.4. The molecule has 0 radical (unpaired) electrons. The van der Waals surface area contributed by atoms with Gasteiger partial charge in [0.05, 0.1) is 5.56 Å². The molecule has 20 heavy (non-hydrogen) atoms. The number of carbonyl (C=O) groups excluding carboxylic acids is 1. The van der Waals surface area contributed by atoms with Crippen LogP contribution in [0.1, 0.15) is 21.9 Å². The Labute approximate surface area is 113 Å². The Bertz CT molecular complexity index is 620. The molecular weight excluding hydrogens is 270 g/mol. The average molecular weight is 282 g/mol. The molecule has 1 aromatic carbocycles. The van der Waals surface area contributed by atoms with E-state index < -0.39 is 23.3 Å². The van der Waals surface area contributed by atoms with Gasteiger partial charge < -0.3 is 9.15 Å². The lowest BCUT2D eigenvalue weighted by Gasteiger charge is -2.06. The topological polar surface area (TPSA) is 77.5 Å². The van der Waals surface area contributed by atoms with Crippen LogP contribution in [0.5, 0.6) is 5.75 Å². The van der Waals surface area contributed by atoms with Crippen LogP contribution in [0.3, 0.4) is 0 Å². The van der Waals surface area contributed by atoms with Crippen molar-refractivity contribution in [2.45, 2.75) is 13.5 Å². The predicted molar refractivity (Wildman–Crippen MR) is 65.8 cm³/mol. The molecule has 3 N–H and O–H groups in total. The summed E-state index contributed by atoms with van der Waals surface area (Å²) in [4.78, 5) is 11.4. The number of hydrogen-bond donors (Lipinski definition) is 2. The van der Waals surface area contributed by atoms with E-state index in [1.807, 2.05) is 5.43 Å². The lowest BCUT2D eigenvalue weighted by Crippen LogP contribution is -2.30. The number of hydrogen-bond acceptors (Lipinski definition) is 4. The summed E-state index contributed by atoms with van der Waals surface area (Å²) >= 11 is 0. The summed E-state index contributed by atoms with van der Waals surface area (Å²) < 4.78 is 37.0. The smallest absolute Gasteiger partial charge is 0.268 e. The highest BCUT2D eigenvalue weighted by Gasteiger charge is 2.16. The Balaban J connectivity index is 2.14. The molecule has 2 aromatic rings. The molecule has 0 saturated carbocycles. The summed E-state index contributed by atoms with van der Waals surface area (Å²) in [5, 5.41) is 0. The molecule has 7 heteroatoms. The van der Waals surface area contributed by atoms with Gasteiger partial charge in [0.15, 0.2) is 17.4 Å². The Kier molecular flexibility index (Phi) is 3.99. The Hall–Kier alpha value is -2.41. The van der Waals surface area contributed by atoms with E-state index in [0.717, 1.165) is 12.1 Å². The molecule has 0 atom stereocenters. The first kappa shape index (κ1) is 14.0. The van der Waals surface area contributed by atoms with Crippen molar-refractivity contribution in [3.63, 3.8) is 0 Å². The molecule has 0 unspecified atom stereocenters. The lowest BCUT2D eigenvalue weighted by atomic mass is 10.2. The minimum absolute atomic E-state index is 0.212. The van der Waals surface area contributed by atoms with Crippen LogP contribution in [0.4, 0.5) is 8.78 Å². The second-order valence-electron chi connectivity index (χ2n) is 4.00. The molecule has 0 aliphatic carbocycles. The van der Waals surface area contributed by atoms with E-state index in [1.165, 1.54) is 12.1 Å². The zero-order valence-electron chi connectivity index (χ0n) is 10.6. The van der Waals surface area contributed by atoms with Gasteiger partial charge in [-0.15, -0.1) is 0 Å². The third-order valence-electron chi connectivity index (χ3n) is 2.62. The first-order valence-corrected chi connectivity index (χ1v) is 5.70. The van der Waals surface area contributed by atoms with Crippen molar-refractivity contribution in [2.75, 3.05) is 0 Å². The van der Waals surface area contributed by atoms with E-state index in [2.05, 4.69) is 0 Å². The van der Waals surface area contributed by atoms with Crippen LogP contribution in [-0.2, 0) is 6.61 Å². The fourth-order valence-corrected chi connectivity index (χ4v) is 1.68. The van der Waals surface area contributed by atoms with Gasteiger partial charge in [0.25, 0.3) is 5.91 Å². The first-order valence-electron chi connectivity index (χ1n) is 5.70. The number of hydrazine groups is 1. The third kappa shape index (κ3) is 2.77. The van der Waals surface area contributed by atoms with Crippen molar-refractivity contribution >= 4 is 5.91 Å². The lowest BCUT2D eigenvalue weighted by molar-refractivity contribution is 0.0952. The van der Waals surface area contributed by atoms with Crippen LogP contribution < -0.4 is 16.0 Å². The van der Waals surface area contributed by atoms with E-state index in [1.54, 1.807) is 6.92 Å². The second kappa shape index (κ2) is 5.70. The Morgan fingerprint density at radius 3 is 2.65 bits per heavy atom. The van der Waals surface area contributed by atoms with Crippen LogP contribution in [0, 0.1) is 18.6 Å². The number of carbonyl (C=O) groups is 1. The van der Waals surface area contributed by atoms with Gasteiger partial charge in [-0.25, -0.2) is 14.6 Å². The average Bonchev–Trinajstić information content (AvgIpc) is 2.78. The molecule has 0 bridgehead atoms. The highest BCUT2D eigenvalue weighted by atomic mass is 19.1. The van der Waals surface area contributed by atoms with Gasteiger partial charge in [-0.05, 0) is 25.1 Å². The molecule has 0 fully saturated rings. The summed E-state index contributed by atoms with van der Waals surface area (Å²) in [6.07, 6.45) is 0. The zero-order chi connectivity index (χ0) is 14.7. The van der Waals surface area contributed by atoms with Crippen LogP contribution >= 0.6 is 0 Å². The van der Waals surface area contributed by atoms with Gasteiger partial charge in [0.2, 0.25) is 0 Å². The maximum Gasteiger partial charge on any atom is 0.268 e. The summed E-state index contributed by atoms with van der Waals surface area (Å²) in [6, 6.07) is 4.80. The van der Waals surface area contributed by atoms with Crippen LogP contribution in [-0.4, -0.2) is 5.91 Å². The molecule has 0 aliphatic heterocycles. The van der Waals surface area contributed by atoms with Crippen LogP contribution in [0.2, 0.25) is 0 Å². The molecule has 106 valence electrons. The van der Waals surface area contributed by atoms with Crippen molar-refractivity contribution in [1.29, 1.82) is 0 Å². The van der Waals surface area contributed by atoms with E-state index in [0.29, 0.717) is 5.76 Å². The second-order valence-corrected chi connectivity index (χ2v) is 4.00. The van der Waals surface area contributed by atoms with Crippen molar-refractivity contribution in [3.8, 4) is 5.75 Å². The molecule has 1 aromatic heterocycles. The summed E-state index contributed by atoms with van der Waals surface area (Å²) in [7, 11) is 0. The molecular formula is C13H12F2N2O3. The van der Waals surface area contributed by atoms with E-state index in [4.69, 9.17) is 15.0 Å². The third-order valence-corrected chi connectivity index (χ3v) is 2.62. The minimum atomic E-state index is -0.812. The number of ether oxygens (including phenoxy) is 1.